The van der Waals surface area contributed by atoms with Crippen molar-refractivity contribution in [1.29, 1.82) is 0 Å². The summed E-state index contributed by atoms with van der Waals surface area (Å²) in [7, 11) is 0. The van der Waals surface area contributed by atoms with E-state index >= 15 is 0 Å². The Labute approximate surface area is 203 Å². The monoisotopic (exact) mass is 457 g/mol. The summed E-state index contributed by atoms with van der Waals surface area (Å²) in [5.74, 6) is 1.73. The van der Waals surface area contributed by atoms with E-state index in [9.17, 15) is 4.79 Å². The summed E-state index contributed by atoms with van der Waals surface area (Å²) >= 11 is 0. The van der Waals surface area contributed by atoms with Gasteiger partial charge in [0.2, 0.25) is 0 Å². The molecule has 2 amide bonds. The van der Waals surface area contributed by atoms with Crippen molar-refractivity contribution in [3.63, 3.8) is 0 Å². The van der Waals surface area contributed by atoms with Gasteiger partial charge in [-0.3, -0.25) is 0 Å². The lowest BCUT2D eigenvalue weighted by molar-refractivity contribution is 0.192. The van der Waals surface area contributed by atoms with E-state index in [4.69, 9.17) is 9.97 Å². The molecule has 0 bridgehead atoms. The van der Waals surface area contributed by atoms with Gasteiger partial charge in [-0.15, -0.1) is 0 Å². The highest BCUT2D eigenvalue weighted by Gasteiger charge is 2.25. The first-order valence-electron chi connectivity index (χ1n) is 12.1. The summed E-state index contributed by atoms with van der Waals surface area (Å²) in [6.07, 6.45) is 1.67. The maximum absolute atomic E-state index is 12.8. The highest BCUT2D eigenvalue weighted by Crippen LogP contribution is 2.28. The lowest BCUT2D eigenvalue weighted by atomic mass is 10.0. The largest absolute Gasteiger partial charge is 0.354 e. The van der Waals surface area contributed by atoms with Crippen LogP contribution in [0, 0.1) is 6.92 Å². The topological polar surface area (TPSA) is 61.4 Å². The minimum atomic E-state index is -0.250. The first-order chi connectivity index (χ1) is 16.3. The minimum Gasteiger partial charge on any atom is -0.354 e. The van der Waals surface area contributed by atoms with Crippen molar-refractivity contribution >= 4 is 11.8 Å². The van der Waals surface area contributed by atoms with Gasteiger partial charge in [0.05, 0.1) is 0 Å². The smallest absolute Gasteiger partial charge is 0.317 e. The third kappa shape index (κ3) is 5.93. The highest BCUT2D eigenvalue weighted by atomic mass is 16.2. The predicted octanol–water partition coefficient (Wildman–Crippen LogP) is 5.06. The fourth-order valence-corrected chi connectivity index (χ4v) is 4.30. The number of hydrogen-bond donors (Lipinski definition) is 1. The molecule has 1 N–H and O–H groups in total. The minimum absolute atomic E-state index is 0.00250. The number of rotatable bonds is 4. The standard InChI is InChI=1S/C28H35N5O/c1-21-24(20-22-12-7-5-8-13-22)26(30-25(29-21)23-14-9-6-10-15-23)32-16-11-17-33(19-18-32)27(34)31-28(2,3)4/h5-10,12-15H,11,16-20H2,1-4H3,(H,31,34). The zero-order valence-corrected chi connectivity index (χ0v) is 20.7. The molecule has 0 saturated carbocycles. The Morgan fingerprint density at radius 2 is 1.59 bits per heavy atom. The molecule has 1 aromatic heterocycles. The molecule has 0 unspecified atom stereocenters. The van der Waals surface area contributed by atoms with E-state index in [2.05, 4.69) is 53.5 Å². The third-order valence-corrected chi connectivity index (χ3v) is 6.01. The van der Waals surface area contributed by atoms with Crippen LogP contribution in [0.1, 0.15) is 44.0 Å². The van der Waals surface area contributed by atoms with E-state index in [-0.39, 0.29) is 11.6 Å². The molecule has 0 aliphatic carbocycles. The van der Waals surface area contributed by atoms with E-state index in [0.717, 1.165) is 60.9 Å². The van der Waals surface area contributed by atoms with Gasteiger partial charge in [-0.05, 0) is 39.7 Å². The maximum Gasteiger partial charge on any atom is 0.317 e. The van der Waals surface area contributed by atoms with Crippen LogP contribution in [0.15, 0.2) is 60.7 Å². The lowest BCUT2D eigenvalue weighted by Gasteiger charge is -2.28. The first-order valence-corrected chi connectivity index (χ1v) is 12.1. The Morgan fingerprint density at radius 1 is 0.912 bits per heavy atom. The van der Waals surface area contributed by atoms with Crippen LogP contribution in [-0.4, -0.2) is 52.6 Å². The molecule has 1 aliphatic heterocycles. The molecule has 0 radical (unpaired) electrons. The molecule has 3 aromatic rings. The number of anilines is 1. The van der Waals surface area contributed by atoms with Crippen molar-refractivity contribution in [2.75, 3.05) is 31.1 Å². The van der Waals surface area contributed by atoms with E-state index in [1.54, 1.807) is 0 Å². The molecule has 4 rings (SSSR count). The van der Waals surface area contributed by atoms with Crippen LogP contribution in [0.2, 0.25) is 0 Å². The lowest BCUT2D eigenvalue weighted by Crippen LogP contribution is -2.49. The molecule has 6 nitrogen and oxygen atoms in total. The van der Waals surface area contributed by atoms with Gasteiger partial charge < -0.3 is 15.1 Å². The molecule has 1 aliphatic rings. The van der Waals surface area contributed by atoms with Gasteiger partial charge in [0.15, 0.2) is 5.82 Å². The second-order valence-corrected chi connectivity index (χ2v) is 9.97. The van der Waals surface area contributed by atoms with Gasteiger partial charge in [0.25, 0.3) is 0 Å². The average molecular weight is 458 g/mol. The van der Waals surface area contributed by atoms with Gasteiger partial charge in [-0.2, -0.15) is 0 Å². The Bertz CT molecular complexity index is 1110. The molecule has 2 aromatic carbocycles. The third-order valence-electron chi connectivity index (χ3n) is 6.01. The molecule has 0 atom stereocenters. The van der Waals surface area contributed by atoms with Crippen LogP contribution in [0.3, 0.4) is 0 Å². The second kappa shape index (κ2) is 10.2. The number of carbonyl (C=O) groups is 1. The fourth-order valence-electron chi connectivity index (χ4n) is 4.30. The number of aromatic nitrogens is 2. The van der Waals surface area contributed by atoms with Crippen molar-refractivity contribution in [2.24, 2.45) is 0 Å². The Kier molecular flexibility index (Phi) is 7.15. The molecule has 1 fully saturated rings. The number of amides is 2. The maximum atomic E-state index is 12.8. The van der Waals surface area contributed by atoms with E-state index in [1.165, 1.54) is 5.56 Å². The normalized spacial score (nSPS) is 14.6. The summed E-state index contributed by atoms with van der Waals surface area (Å²) in [5, 5.41) is 3.10. The van der Waals surface area contributed by atoms with E-state index in [0.29, 0.717) is 6.54 Å². The van der Waals surface area contributed by atoms with Gasteiger partial charge >= 0.3 is 6.03 Å². The molecule has 6 heteroatoms. The van der Waals surface area contributed by atoms with E-state index in [1.807, 2.05) is 49.9 Å². The second-order valence-electron chi connectivity index (χ2n) is 9.97. The number of urea groups is 1. The van der Waals surface area contributed by atoms with Crippen molar-refractivity contribution in [1.82, 2.24) is 20.2 Å². The van der Waals surface area contributed by atoms with Crippen LogP contribution in [0.5, 0.6) is 0 Å². The summed E-state index contributed by atoms with van der Waals surface area (Å²) in [4.78, 5) is 27.0. The molecule has 2 heterocycles. The van der Waals surface area contributed by atoms with Crippen LogP contribution < -0.4 is 10.2 Å². The van der Waals surface area contributed by atoms with Crippen LogP contribution in [0.25, 0.3) is 11.4 Å². The molecular formula is C28H35N5O. The number of nitrogens with one attached hydrogen (secondary N) is 1. The zero-order valence-electron chi connectivity index (χ0n) is 20.7. The SMILES string of the molecule is Cc1nc(-c2ccccc2)nc(N2CCCN(C(=O)NC(C)(C)C)CC2)c1Cc1ccccc1. The average Bonchev–Trinajstić information content (AvgIpc) is 3.07. The Balaban J connectivity index is 1.65. The van der Waals surface area contributed by atoms with Crippen molar-refractivity contribution in [2.45, 2.75) is 46.1 Å². The number of hydrogen-bond acceptors (Lipinski definition) is 4. The molecule has 1 saturated heterocycles. The highest BCUT2D eigenvalue weighted by molar-refractivity contribution is 5.75. The predicted molar refractivity (Wildman–Crippen MR) is 138 cm³/mol. The van der Waals surface area contributed by atoms with Crippen molar-refractivity contribution < 1.29 is 4.79 Å². The Morgan fingerprint density at radius 3 is 2.26 bits per heavy atom. The van der Waals surface area contributed by atoms with Crippen LogP contribution in [-0.2, 0) is 6.42 Å². The van der Waals surface area contributed by atoms with Crippen molar-refractivity contribution in [3.05, 3.63) is 77.5 Å². The molecular weight excluding hydrogens is 422 g/mol. The van der Waals surface area contributed by atoms with Crippen molar-refractivity contribution in [3.8, 4) is 11.4 Å². The first kappa shape index (κ1) is 23.7. The fraction of sp³-hybridized carbons (Fsp3) is 0.393. The summed E-state index contributed by atoms with van der Waals surface area (Å²) in [6, 6.07) is 20.6. The summed E-state index contributed by atoms with van der Waals surface area (Å²) in [5.41, 5.74) is 4.15. The Hall–Kier alpha value is -3.41. The van der Waals surface area contributed by atoms with Crippen LogP contribution >= 0.6 is 0 Å². The number of nitrogens with zero attached hydrogens (tertiary/aromatic N) is 4. The summed E-state index contributed by atoms with van der Waals surface area (Å²) < 4.78 is 0. The van der Waals surface area contributed by atoms with Gasteiger partial charge in [0, 0.05) is 55.0 Å². The number of aryl methyl sites for hydroxylation is 1. The number of carbonyl (C=O) groups excluding carboxylic acids is 1. The van der Waals surface area contributed by atoms with E-state index < -0.39 is 0 Å². The quantitative estimate of drug-likeness (QED) is 0.595. The zero-order chi connectivity index (χ0) is 24.1. The summed E-state index contributed by atoms with van der Waals surface area (Å²) in [6.45, 7) is 11.1. The molecule has 34 heavy (non-hydrogen) atoms. The van der Waals surface area contributed by atoms with Gasteiger partial charge in [-0.1, -0.05) is 60.7 Å². The molecule has 178 valence electrons. The molecule has 0 spiro atoms. The van der Waals surface area contributed by atoms with Gasteiger partial charge in [-0.25, -0.2) is 14.8 Å². The van der Waals surface area contributed by atoms with Crippen LogP contribution in [0.4, 0.5) is 10.6 Å². The van der Waals surface area contributed by atoms with Gasteiger partial charge in [0.1, 0.15) is 5.82 Å². The number of benzene rings is 2.